The topological polar surface area (TPSA) is 58.2 Å². The third-order valence-corrected chi connectivity index (χ3v) is 4.00. The van der Waals surface area contributed by atoms with Crippen molar-refractivity contribution in [2.45, 2.75) is 25.6 Å². The zero-order chi connectivity index (χ0) is 15.0. The van der Waals surface area contributed by atoms with E-state index in [1.54, 1.807) is 0 Å². The molecule has 2 rings (SSSR count). The molecule has 4 nitrogen and oxygen atoms in total. The second-order valence-corrected chi connectivity index (χ2v) is 5.84. The van der Waals surface area contributed by atoms with Crippen molar-refractivity contribution in [3.8, 4) is 0 Å². The van der Waals surface area contributed by atoms with Gasteiger partial charge in [-0.15, -0.1) is 0 Å². The highest BCUT2D eigenvalue weighted by atomic mass is 32.2. The highest BCUT2D eigenvalue weighted by Crippen LogP contribution is 2.32. The standard InChI is InChI=1S/C12H13F3N2O2S/c1-2-8-7-16-20(18,19)17-11(8)9-3-5-10(6-4-9)12(13,14)15/h3-7,11,16-17H,2H2,1H3. The number of rotatable bonds is 2. The highest BCUT2D eigenvalue weighted by Gasteiger charge is 2.31. The quantitative estimate of drug-likeness (QED) is 0.882. The van der Waals surface area contributed by atoms with Crippen LogP contribution in [0.25, 0.3) is 0 Å². The van der Waals surface area contributed by atoms with Gasteiger partial charge in [-0.05, 0) is 29.7 Å². The number of hydrogen-bond donors (Lipinski definition) is 2. The molecule has 1 atom stereocenters. The molecule has 1 aliphatic rings. The minimum Gasteiger partial charge on any atom is -0.278 e. The molecule has 0 saturated heterocycles. The Morgan fingerprint density at radius 3 is 2.30 bits per heavy atom. The molecule has 1 aromatic carbocycles. The van der Waals surface area contributed by atoms with Gasteiger partial charge in [0.1, 0.15) is 0 Å². The lowest BCUT2D eigenvalue weighted by Gasteiger charge is -2.26. The summed E-state index contributed by atoms with van der Waals surface area (Å²) in [5, 5.41) is 0. The molecule has 2 N–H and O–H groups in total. The number of halogens is 3. The number of nitrogens with one attached hydrogen (secondary N) is 2. The molecular formula is C12H13F3N2O2S. The Bertz CT molecular complexity index is 621. The number of alkyl halides is 3. The molecule has 0 fully saturated rings. The van der Waals surface area contributed by atoms with Crippen LogP contribution in [-0.4, -0.2) is 8.42 Å². The van der Waals surface area contributed by atoms with Crippen LogP contribution in [0.2, 0.25) is 0 Å². The fourth-order valence-corrected chi connectivity index (χ4v) is 2.93. The van der Waals surface area contributed by atoms with Gasteiger partial charge >= 0.3 is 6.18 Å². The molecule has 1 aromatic rings. The van der Waals surface area contributed by atoms with Crippen LogP contribution < -0.4 is 9.44 Å². The van der Waals surface area contributed by atoms with Gasteiger partial charge in [-0.3, -0.25) is 4.72 Å². The molecule has 1 aliphatic heterocycles. The van der Waals surface area contributed by atoms with Gasteiger partial charge in [0.05, 0.1) is 11.6 Å². The van der Waals surface area contributed by atoms with Gasteiger partial charge in [0, 0.05) is 6.20 Å². The van der Waals surface area contributed by atoms with Crippen LogP contribution in [0.5, 0.6) is 0 Å². The van der Waals surface area contributed by atoms with Crippen LogP contribution in [-0.2, 0) is 16.4 Å². The summed E-state index contributed by atoms with van der Waals surface area (Å²) >= 11 is 0. The molecule has 110 valence electrons. The molecule has 0 radical (unpaired) electrons. The van der Waals surface area contributed by atoms with Crippen molar-refractivity contribution in [3.63, 3.8) is 0 Å². The van der Waals surface area contributed by atoms with Gasteiger partial charge in [-0.1, -0.05) is 19.1 Å². The number of benzene rings is 1. The van der Waals surface area contributed by atoms with Crippen molar-refractivity contribution in [1.82, 2.24) is 9.44 Å². The summed E-state index contributed by atoms with van der Waals surface area (Å²) in [5.74, 6) is 0. The Hall–Kier alpha value is -1.54. The third-order valence-electron chi connectivity index (χ3n) is 3.02. The molecule has 1 heterocycles. The normalized spacial score (nSPS) is 22.0. The van der Waals surface area contributed by atoms with Crippen molar-refractivity contribution < 1.29 is 21.6 Å². The highest BCUT2D eigenvalue weighted by molar-refractivity contribution is 7.87. The van der Waals surface area contributed by atoms with Gasteiger partial charge < -0.3 is 0 Å². The van der Waals surface area contributed by atoms with Gasteiger partial charge in [-0.25, -0.2) is 0 Å². The zero-order valence-electron chi connectivity index (χ0n) is 10.5. The number of hydrogen-bond acceptors (Lipinski definition) is 2. The van der Waals surface area contributed by atoms with E-state index in [0.717, 1.165) is 17.7 Å². The maximum atomic E-state index is 12.5. The van der Waals surface area contributed by atoms with Crippen LogP contribution in [0.4, 0.5) is 13.2 Å². The van der Waals surface area contributed by atoms with Crippen LogP contribution in [0.15, 0.2) is 36.0 Å². The SMILES string of the molecule is CCC1=CNS(=O)(=O)NC1c1ccc(C(F)(F)F)cc1. The van der Waals surface area contributed by atoms with E-state index in [1.807, 2.05) is 6.92 Å². The molecular weight excluding hydrogens is 293 g/mol. The molecule has 0 saturated carbocycles. The lowest BCUT2D eigenvalue weighted by atomic mass is 9.97. The maximum absolute atomic E-state index is 12.5. The summed E-state index contributed by atoms with van der Waals surface area (Å²) in [6.07, 6.45) is -2.47. The van der Waals surface area contributed by atoms with E-state index >= 15 is 0 Å². The Kier molecular flexibility index (Phi) is 3.79. The van der Waals surface area contributed by atoms with Crippen molar-refractivity contribution in [3.05, 3.63) is 47.2 Å². The van der Waals surface area contributed by atoms with Crippen molar-refractivity contribution in [1.29, 1.82) is 0 Å². The average Bonchev–Trinajstić information content (AvgIpc) is 2.37. The van der Waals surface area contributed by atoms with Crippen LogP contribution in [0.1, 0.15) is 30.5 Å². The van der Waals surface area contributed by atoms with Gasteiger partial charge in [0.15, 0.2) is 0 Å². The van der Waals surface area contributed by atoms with E-state index in [2.05, 4.69) is 9.44 Å². The van der Waals surface area contributed by atoms with Gasteiger partial charge in [0.2, 0.25) is 0 Å². The molecule has 0 amide bonds. The predicted molar refractivity (Wildman–Crippen MR) is 67.8 cm³/mol. The smallest absolute Gasteiger partial charge is 0.278 e. The minimum atomic E-state index is -4.41. The molecule has 0 aliphatic carbocycles. The zero-order valence-corrected chi connectivity index (χ0v) is 11.3. The summed E-state index contributed by atoms with van der Waals surface area (Å²) < 4.78 is 65.0. The minimum absolute atomic E-state index is 0.469. The Morgan fingerprint density at radius 2 is 1.80 bits per heavy atom. The first-order chi connectivity index (χ1) is 9.23. The summed E-state index contributed by atoms with van der Waals surface area (Å²) in [6.45, 7) is 1.84. The van der Waals surface area contributed by atoms with E-state index in [-0.39, 0.29) is 0 Å². The first-order valence-electron chi connectivity index (χ1n) is 5.88. The van der Waals surface area contributed by atoms with Crippen LogP contribution in [0.3, 0.4) is 0 Å². The Labute approximate surface area is 114 Å². The fourth-order valence-electron chi connectivity index (χ4n) is 1.95. The Morgan fingerprint density at radius 1 is 1.20 bits per heavy atom. The molecule has 20 heavy (non-hydrogen) atoms. The molecule has 0 bridgehead atoms. The summed E-state index contributed by atoms with van der Waals surface area (Å²) in [7, 11) is -3.66. The molecule has 1 unspecified atom stereocenters. The summed E-state index contributed by atoms with van der Waals surface area (Å²) in [4.78, 5) is 0. The fraction of sp³-hybridized carbons (Fsp3) is 0.333. The van der Waals surface area contributed by atoms with Gasteiger partial charge in [0.25, 0.3) is 10.2 Å². The van der Waals surface area contributed by atoms with Crippen LogP contribution >= 0.6 is 0 Å². The summed E-state index contributed by atoms with van der Waals surface area (Å²) in [5.41, 5.74) is 0.454. The van der Waals surface area contributed by atoms with Gasteiger partial charge in [-0.2, -0.15) is 26.3 Å². The first kappa shape index (κ1) is 14.9. The summed E-state index contributed by atoms with van der Waals surface area (Å²) in [6, 6.07) is 3.81. The van der Waals surface area contributed by atoms with Crippen molar-refractivity contribution >= 4 is 10.2 Å². The van der Waals surface area contributed by atoms with E-state index < -0.39 is 28.0 Å². The lowest BCUT2D eigenvalue weighted by molar-refractivity contribution is -0.137. The van der Waals surface area contributed by atoms with E-state index in [4.69, 9.17) is 0 Å². The van der Waals surface area contributed by atoms with Crippen molar-refractivity contribution in [2.75, 3.05) is 0 Å². The van der Waals surface area contributed by atoms with Crippen LogP contribution in [0, 0.1) is 0 Å². The largest absolute Gasteiger partial charge is 0.416 e. The second-order valence-electron chi connectivity index (χ2n) is 4.36. The molecule has 8 heteroatoms. The molecule has 0 aromatic heterocycles. The van der Waals surface area contributed by atoms with E-state index in [1.165, 1.54) is 18.3 Å². The monoisotopic (exact) mass is 306 g/mol. The average molecular weight is 306 g/mol. The molecule has 0 spiro atoms. The van der Waals surface area contributed by atoms with E-state index in [0.29, 0.717) is 12.0 Å². The maximum Gasteiger partial charge on any atom is 0.416 e. The third kappa shape index (κ3) is 3.13. The predicted octanol–water partition coefficient (Wildman–Crippen LogP) is 2.48. The van der Waals surface area contributed by atoms with Crippen molar-refractivity contribution in [2.24, 2.45) is 0 Å². The first-order valence-corrected chi connectivity index (χ1v) is 7.37. The lowest BCUT2D eigenvalue weighted by Crippen LogP contribution is -2.41. The Balaban J connectivity index is 2.35. The van der Waals surface area contributed by atoms with E-state index in [9.17, 15) is 21.6 Å². The second kappa shape index (κ2) is 5.10.